The second-order valence-corrected chi connectivity index (χ2v) is 5.44. The van der Waals surface area contributed by atoms with Crippen molar-refractivity contribution in [3.63, 3.8) is 0 Å². The van der Waals surface area contributed by atoms with Gasteiger partial charge in [0.05, 0.1) is 11.4 Å². The van der Waals surface area contributed by atoms with Crippen molar-refractivity contribution in [3.05, 3.63) is 39.6 Å². The van der Waals surface area contributed by atoms with Crippen LogP contribution in [0, 0.1) is 13.8 Å². The summed E-state index contributed by atoms with van der Waals surface area (Å²) in [5, 5.41) is 7.09. The lowest BCUT2D eigenvalue weighted by molar-refractivity contribution is 0.101. The zero-order valence-corrected chi connectivity index (χ0v) is 13.3. The summed E-state index contributed by atoms with van der Waals surface area (Å²) >= 11 is 3.45. The van der Waals surface area contributed by atoms with E-state index in [0.29, 0.717) is 29.3 Å². The molecular formula is C14H17BrN4O. The first-order valence-electron chi connectivity index (χ1n) is 6.34. The van der Waals surface area contributed by atoms with Crippen LogP contribution in [0.4, 0.5) is 11.4 Å². The highest BCUT2D eigenvalue weighted by atomic mass is 79.9. The number of nitrogen functional groups attached to an aromatic ring is 1. The van der Waals surface area contributed by atoms with E-state index in [-0.39, 0.29) is 5.91 Å². The number of aromatic nitrogens is 2. The number of nitrogens with zero attached hydrogens (tertiary/aromatic N) is 2. The van der Waals surface area contributed by atoms with Gasteiger partial charge in [0.2, 0.25) is 0 Å². The molecule has 1 aromatic carbocycles. The van der Waals surface area contributed by atoms with E-state index in [1.54, 1.807) is 11.6 Å². The third-order valence-corrected chi connectivity index (χ3v) is 3.97. The molecule has 1 heterocycles. The van der Waals surface area contributed by atoms with Crippen molar-refractivity contribution in [3.8, 4) is 0 Å². The van der Waals surface area contributed by atoms with Gasteiger partial charge in [-0.2, -0.15) is 5.10 Å². The molecule has 0 spiro atoms. The molecule has 3 N–H and O–H groups in total. The number of carbonyl (C=O) groups is 1. The van der Waals surface area contributed by atoms with Crippen LogP contribution >= 0.6 is 15.9 Å². The second-order valence-electron chi connectivity index (χ2n) is 4.58. The fraction of sp³-hybridized carbons (Fsp3) is 0.286. The summed E-state index contributed by atoms with van der Waals surface area (Å²) < 4.78 is 2.56. The Morgan fingerprint density at radius 3 is 2.75 bits per heavy atom. The van der Waals surface area contributed by atoms with Crippen molar-refractivity contribution in [1.29, 1.82) is 0 Å². The number of carbonyl (C=O) groups excluding carboxylic acids is 1. The van der Waals surface area contributed by atoms with Gasteiger partial charge in [-0.1, -0.05) is 22.0 Å². The molecule has 0 aliphatic rings. The Labute approximate surface area is 126 Å². The Balaban J connectivity index is 2.30. The molecule has 1 aromatic heterocycles. The molecule has 0 fully saturated rings. The Bertz CT molecular complexity index is 663. The number of nitrogens with two attached hydrogens (primary N) is 1. The minimum Gasteiger partial charge on any atom is -0.395 e. The van der Waals surface area contributed by atoms with E-state index in [1.807, 2.05) is 32.0 Å². The standard InChI is InChI=1S/C14H17BrN4O/c1-4-19-13(12(16)9(3)18-19)14(20)17-10-6-5-8(2)11(15)7-10/h5-7H,4,16H2,1-3H3,(H,17,20). The van der Waals surface area contributed by atoms with Crippen LogP contribution in [0.3, 0.4) is 0 Å². The Kier molecular flexibility index (Phi) is 4.13. The van der Waals surface area contributed by atoms with Gasteiger partial charge in [-0.3, -0.25) is 9.48 Å². The number of anilines is 2. The number of hydrogen-bond acceptors (Lipinski definition) is 3. The van der Waals surface area contributed by atoms with Gasteiger partial charge in [-0.25, -0.2) is 0 Å². The third-order valence-electron chi connectivity index (χ3n) is 3.12. The van der Waals surface area contributed by atoms with Gasteiger partial charge in [0.1, 0.15) is 5.69 Å². The van der Waals surface area contributed by atoms with Crippen LogP contribution in [0.15, 0.2) is 22.7 Å². The Hall–Kier alpha value is -1.82. The van der Waals surface area contributed by atoms with Crippen LogP contribution in [0.2, 0.25) is 0 Å². The maximum absolute atomic E-state index is 12.4. The molecule has 0 saturated heterocycles. The second kappa shape index (κ2) is 5.66. The van der Waals surface area contributed by atoms with Crippen LogP contribution in [-0.2, 0) is 6.54 Å². The lowest BCUT2D eigenvalue weighted by Crippen LogP contribution is -2.18. The number of rotatable bonds is 3. The third kappa shape index (κ3) is 2.70. The highest BCUT2D eigenvalue weighted by molar-refractivity contribution is 9.10. The molecule has 2 rings (SSSR count). The molecule has 5 nitrogen and oxygen atoms in total. The number of aryl methyl sites for hydroxylation is 3. The smallest absolute Gasteiger partial charge is 0.276 e. The average Bonchev–Trinajstić information content (AvgIpc) is 2.69. The topological polar surface area (TPSA) is 72.9 Å². The van der Waals surface area contributed by atoms with E-state index in [2.05, 4.69) is 26.3 Å². The van der Waals surface area contributed by atoms with Gasteiger partial charge in [0.25, 0.3) is 5.91 Å². The number of halogens is 1. The zero-order valence-electron chi connectivity index (χ0n) is 11.7. The normalized spacial score (nSPS) is 10.6. The molecular weight excluding hydrogens is 320 g/mol. The summed E-state index contributed by atoms with van der Waals surface area (Å²) in [6.45, 7) is 6.30. The molecule has 0 saturated carbocycles. The molecule has 0 unspecified atom stereocenters. The fourth-order valence-corrected chi connectivity index (χ4v) is 2.30. The highest BCUT2D eigenvalue weighted by Gasteiger charge is 2.19. The number of amides is 1. The molecule has 0 atom stereocenters. The molecule has 0 aliphatic heterocycles. The van der Waals surface area contributed by atoms with Gasteiger partial charge in [0, 0.05) is 16.7 Å². The molecule has 0 radical (unpaired) electrons. The van der Waals surface area contributed by atoms with Crippen LogP contribution in [-0.4, -0.2) is 15.7 Å². The molecule has 106 valence electrons. The maximum atomic E-state index is 12.4. The minimum atomic E-state index is -0.249. The Morgan fingerprint density at radius 1 is 1.45 bits per heavy atom. The van der Waals surface area contributed by atoms with E-state index in [9.17, 15) is 4.79 Å². The van der Waals surface area contributed by atoms with Gasteiger partial charge < -0.3 is 11.1 Å². The summed E-state index contributed by atoms with van der Waals surface area (Å²) in [6, 6.07) is 5.65. The molecule has 0 aliphatic carbocycles. The van der Waals surface area contributed by atoms with E-state index in [1.165, 1.54) is 0 Å². The van der Waals surface area contributed by atoms with E-state index < -0.39 is 0 Å². The van der Waals surface area contributed by atoms with Gasteiger partial charge in [-0.05, 0) is 38.5 Å². The van der Waals surface area contributed by atoms with Gasteiger partial charge in [0.15, 0.2) is 0 Å². The van der Waals surface area contributed by atoms with Crippen molar-refractivity contribution >= 4 is 33.2 Å². The highest BCUT2D eigenvalue weighted by Crippen LogP contribution is 2.22. The van der Waals surface area contributed by atoms with Crippen molar-refractivity contribution in [1.82, 2.24) is 9.78 Å². The Morgan fingerprint density at radius 2 is 2.15 bits per heavy atom. The van der Waals surface area contributed by atoms with Crippen molar-refractivity contribution < 1.29 is 4.79 Å². The summed E-state index contributed by atoms with van der Waals surface area (Å²) in [5.41, 5.74) is 9.26. The first-order chi connectivity index (χ1) is 9.43. The zero-order chi connectivity index (χ0) is 14.9. The number of benzene rings is 1. The summed E-state index contributed by atoms with van der Waals surface area (Å²) in [5.74, 6) is -0.249. The lowest BCUT2D eigenvalue weighted by atomic mass is 10.2. The van der Waals surface area contributed by atoms with Crippen molar-refractivity contribution in [2.45, 2.75) is 27.3 Å². The van der Waals surface area contributed by atoms with Gasteiger partial charge >= 0.3 is 0 Å². The monoisotopic (exact) mass is 336 g/mol. The van der Waals surface area contributed by atoms with Crippen LogP contribution in [0.5, 0.6) is 0 Å². The quantitative estimate of drug-likeness (QED) is 0.904. The van der Waals surface area contributed by atoms with E-state index in [4.69, 9.17) is 5.73 Å². The van der Waals surface area contributed by atoms with Crippen LogP contribution < -0.4 is 11.1 Å². The van der Waals surface area contributed by atoms with Crippen LogP contribution in [0.25, 0.3) is 0 Å². The SMILES string of the molecule is CCn1nc(C)c(N)c1C(=O)Nc1ccc(C)c(Br)c1. The van der Waals surface area contributed by atoms with E-state index >= 15 is 0 Å². The molecule has 1 amide bonds. The summed E-state index contributed by atoms with van der Waals surface area (Å²) in [4.78, 5) is 12.4. The molecule has 0 bridgehead atoms. The van der Waals surface area contributed by atoms with Crippen LogP contribution in [0.1, 0.15) is 28.7 Å². The van der Waals surface area contributed by atoms with Gasteiger partial charge in [-0.15, -0.1) is 0 Å². The van der Waals surface area contributed by atoms with E-state index in [0.717, 1.165) is 10.0 Å². The largest absolute Gasteiger partial charge is 0.395 e. The molecule has 20 heavy (non-hydrogen) atoms. The summed E-state index contributed by atoms with van der Waals surface area (Å²) in [7, 11) is 0. The van der Waals surface area contributed by atoms with Crippen molar-refractivity contribution in [2.75, 3.05) is 11.1 Å². The predicted molar refractivity (Wildman–Crippen MR) is 83.9 cm³/mol. The fourth-order valence-electron chi connectivity index (χ4n) is 1.92. The average molecular weight is 337 g/mol. The molecule has 6 heteroatoms. The number of hydrogen-bond donors (Lipinski definition) is 2. The lowest BCUT2D eigenvalue weighted by Gasteiger charge is -2.09. The summed E-state index contributed by atoms with van der Waals surface area (Å²) in [6.07, 6.45) is 0. The predicted octanol–water partition coefficient (Wildman–Crippen LogP) is 3.12. The minimum absolute atomic E-state index is 0.249. The first kappa shape index (κ1) is 14.6. The van der Waals surface area contributed by atoms with Crippen molar-refractivity contribution in [2.24, 2.45) is 0 Å². The first-order valence-corrected chi connectivity index (χ1v) is 7.13. The molecule has 2 aromatic rings. The maximum Gasteiger partial charge on any atom is 0.276 e. The number of nitrogens with one attached hydrogen (secondary N) is 1.